The lowest BCUT2D eigenvalue weighted by Crippen LogP contribution is -2.37. The maximum Gasteiger partial charge on any atom is 0.170 e. The largest absolute Gasteiger partial charge is 0.399 e. The van der Waals surface area contributed by atoms with Crippen LogP contribution in [-0.4, -0.2) is 30.6 Å². The van der Waals surface area contributed by atoms with Crippen LogP contribution in [-0.2, 0) is 4.74 Å². The fourth-order valence-electron chi connectivity index (χ4n) is 1.73. The van der Waals surface area contributed by atoms with Gasteiger partial charge in [0.2, 0.25) is 0 Å². The second kappa shape index (κ2) is 2.49. The van der Waals surface area contributed by atoms with Gasteiger partial charge in [-0.3, -0.25) is 0 Å². The molecule has 0 bridgehead atoms. The van der Waals surface area contributed by atoms with Crippen molar-refractivity contribution >= 4 is 7.28 Å². The van der Waals surface area contributed by atoms with Gasteiger partial charge in [0.05, 0.1) is 12.7 Å². The van der Waals surface area contributed by atoms with Gasteiger partial charge in [-0.2, -0.15) is 0 Å². The maximum absolute atomic E-state index is 9.57. The van der Waals surface area contributed by atoms with Crippen LogP contribution in [0.1, 0.15) is 27.7 Å². The van der Waals surface area contributed by atoms with Crippen LogP contribution < -0.4 is 0 Å². The monoisotopic (exact) mass is 156 g/mol. The molecule has 0 spiro atoms. The Bertz CT molecular complexity index is 145. The Hall–Kier alpha value is -0.0151. The number of hydrogen-bond donors (Lipinski definition) is 1. The van der Waals surface area contributed by atoms with E-state index >= 15 is 0 Å². The van der Waals surface area contributed by atoms with Crippen molar-refractivity contribution < 1.29 is 9.84 Å². The van der Waals surface area contributed by atoms with Gasteiger partial charge in [0.15, 0.2) is 7.28 Å². The molecule has 1 unspecified atom stereocenters. The van der Waals surface area contributed by atoms with Gasteiger partial charge < -0.3 is 9.84 Å². The van der Waals surface area contributed by atoms with Gasteiger partial charge in [0.25, 0.3) is 0 Å². The van der Waals surface area contributed by atoms with E-state index in [9.17, 15) is 5.11 Å². The molecule has 11 heavy (non-hydrogen) atoms. The highest BCUT2D eigenvalue weighted by molar-refractivity contribution is 6.43. The molecule has 1 heterocycles. The average molecular weight is 156 g/mol. The Kier molecular flexibility index (Phi) is 2.06. The molecular weight excluding hydrogens is 139 g/mol. The first-order valence-corrected chi connectivity index (χ1v) is 4.15. The summed E-state index contributed by atoms with van der Waals surface area (Å²) in [5.41, 5.74) is -0.574. The molecule has 1 saturated heterocycles. The molecular formula is C8H17BO2. The van der Waals surface area contributed by atoms with Crippen molar-refractivity contribution in [1.29, 1.82) is 0 Å². The molecule has 0 amide bonds. The van der Waals surface area contributed by atoms with Crippen LogP contribution in [0.4, 0.5) is 0 Å². The van der Waals surface area contributed by atoms with Gasteiger partial charge in [0.1, 0.15) is 0 Å². The third-order valence-corrected chi connectivity index (χ3v) is 2.09. The van der Waals surface area contributed by atoms with E-state index in [0.29, 0.717) is 6.10 Å². The topological polar surface area (TPSA) is 32.8 Å². The second-order valence-electron chi connectivity index (χ2n) is 4.80. The predicted molar refractivity (Wildman–Crippen MR) is 47.2 cm³/mol. The Balaban J connectivity index is 2.45. The smallest absolute Gasteiger partial charge is 0.170 e. The Morgan fingerprint density at radius 3 is 2.09 bits per heavy atom. The van der Waals surface area contributed by atoms with Crippen LogP contribution in [0.15, 0.2) is 0 Å². The summed E-state index contributed by atoms with van der Waals surface area (Å²) in [6.07, 6.45) is 0.369. The van der Waals surface area contributed by atoms with E-state index in [1.54, 1.807) is 0 Å². The van der Waals surface area contributed by atoms with Crippen LogP contribution in [0, 0.1) is 0 Å². The fourth-order valence-corrected chi connectivity index (χ4v) is 1.73. The molecule has 0 aromatic rings. The van der Waals surface area contributed by atoms with E-state index in [4.69, 9.17) is 4.74 Å². The molecule has 1 atom stereocenters. The molecule has 0 radical (unpaired) electrons. The standard InChI is InChI=1S/C8H17BO2/c1-7(2,6-5-11-6)9-8(3,4)10/h6,9-10H,5H2,1-4H3. The van der Waals surface area contributed by atoms with Crippen LogP contribution in [0.2, 0.25) is 5.31 Å². The summed E-state index contributed by atoms with van der Waals surface area (Å²) >= 11 is 0. The van der Waals surface area contributed by atoms with E-state index in [-0.39, 0.29) is 5.31 Å². The second-order valence-corrected chi connectivity index (χ2v) is 4.80. The zero-order chi connectivity index (χ0) is 8.70. The predicted octanol–water partition coefficient (Wildman–Crippen LogP) is 0.749. The van der Waals surface area contributed by atoms with Gasteiger partial charge in [-0.1, -0.05) is 13.8 Å². The first kappa shape index (κ1) is 9.08. The summed E-state index contributed by atoms with van der Waals surface area (Å²) in [5, 5.41) is 9.70. The molecule has 1 rings (SSSR count). The molecule has 0 saturated carbocycles. The third kappa shape index (κ3) is 2.84. The highest BCUT2D eigenvalue weighted by atomic mass is 16.6. The van der Waals surface area contributed by atoms with Gasteiger partial charge >= 0.3 is 0 Å². The minimum Gasteiger partial charge on any atom is -0.399 e. The Morgan fingerprint density at radius 1 is 1.36 bits per heavy atom. The van der Waals surface area contributed by atoms with Crippen molar-refractivity contribution in [2.45, 2.75) is 44.6 Å². The number of epoxide rings is 1. The van der Waals surface area contributed by atoms with Crippen LogP contribution in [0.5, 0.6) is 0 Å². The average Bonchev–Trinajstić information content (AvgIpc) is 2.30. The Morgan fingerprint density at radius 2 is 1.82 bits per heavy atom. The summed E-state index contributed by atoms with van der Waals surface area (Å²) in [7, 11) is 0.796. The van der Waals surface area contributed by atoms with Crippen LogP contribution in [0.3, 0.4) is 0 Å². The van der Waals surface area contributed by atoms with Crippen molar-refractivity contribution in [3.63, 3.8) is 0 Å². The molecule has 1 aliphatic rings. The molecule has 0 aliphatic carbocycles. The molecule has 3 heteroatoms. The minimum atomic E-state index is -0.574. The number of hydrogen-bond acceptors (Lipinski definition) is 2. The Labute approximate surface area is 69.2 Å². The van der Waals surface area contributed by atoms with Crippen molar-refractivity contribution in [2.75, 3.05) is 6.61 Å². The number of aliphatic hydroxyl groups is 1. The summed E-state index contributed by atoms with van der Waals surface area (Å²) in [6.45, 7) is 8.84. The van der Waals surface area contributed by atoms with Crippen molar-refractivity contribution in [2.24, 2.45) is 0 Å². The molecule has 0 aromatic heterocycles. The summed E-state index contributed by atoms with van der Waals surface area (Å²) < 4.78 is 5.21. The lowest BCUT2D eigenvalue weighted by molar-refractivity contribution is 0.159. The van der Waals surface area contributed by atoms with Crippen molar-refractivity contribution in [3.8, 4) is 0 Å². The molecule has 0 aromatic carbocycles. The SMILES string of the molecule is CC(C)(O)BC(C)(C)C1CO1. The summed E-state index contributed by atoms with van der Waals surface area (Å²) in [6, 6.07) is 0. The first-order valence-electron chi connectivity index (χ1n) is 4.15. The summed E-state index contributed by atoms with van der Waals surface area (Å²) in [4.78, 5) is 0. The van der Waals surface area contributed by atoms with Gasteiger partial charge in [-0.25, -0.2) is 0 Å². The van der Waals surface area contributed by atoms with Gasteiger partial charge in [0, 0.05) is 5.50 Å². The van der Waals surface area contributed by atoms with Crippen molar-refractivity contribution in [1.82, 2.24) is 0 Å². The zero-order valence-electron chi connectivity index (χ0n) is 7.85. The van der Waals surface area contributed by atoms with E-state index in [1.807, 2.05) is 13.8 Å². The maximum atomic E-state index is 9.57. The summed E-state index contributed by atoms with van der Waals surface area (Å²) in [5.74, 6) is 0. The van der Waals surface area contributed by atoms with Crippen LogP contribution >= 0.6 is 0 Å². The van der Waals surface area contributed by atoms with E-state index in [0.717, 1.165) is 13.9 Å². The van der Waals surface area contributed by atoms with Crippen molar-refractivity contribution in [3.05, 3.63) is 0 Å². The minimum absolute atomic E-state index is 0.123. The molecule has 2 nitrogen and oxygen atoms in total. The van der Waals surface area contributed by atoms with E-state index in [1.165, 1.54) is 0 Å². The lowest BCUT2D eigenvalue weighted by atomic mass is 9.44. The quantitative estimate of drug-likeness (QED) is 0.483. The van der Waals surface area contributed by atoms with Gasteiger partial charge in [-0.05, 0) is 19.2 Å². The fraction of sp³-hybridized carbons (Fsp3) is 1.00. The molecule has 64 valence electrons. The molecule has 1 fully saturated rings. The highest BCUT2D eigenvalue weighted by Crippen LogP contribution is 2.39. The van der Waals surface area contributed by atoms with Crippen LogP contribution in [0.25, 0.3) is 0 Å². The zero-order valence-corrected chi connectivity index (χ0v) is 7.85. The molecule has 1 N–H and O–H groups in total. The number of rotatable bonds is 3. The normalized spacial score (nSPS) is 25.0. The lowest BCUT2D eigenvalue weighted by Gasteiger charge is -2.28. The third-order valence-electron chi connectivity index (χ3n) is 2.09. The number of ether oxygens (including phenoxy) is 1. The first-order chi connectivity index (χ1) is 4.81. The van der Waals surface area contributed by atoms with E-state index in [2.05, 4.69) is 13.8 Å². The van der Waals surface area contributed by atoms with Gasteiger partial charge in [-0.15, -0.1) is 0 Å². The highest BCUT2D eigenvalue weighted by Gasteiger charge is 2.43. The van der Waals surface area contributed by atoms with E-state index < -0.39 is 5.50 Å². The molecule has 1 aliphatic heterocycles.